The number of ether oxygens (including phenoxy) is 1. The fourth-order valence-corrected chi connectivity index (χ4v) is 2.98. The van der Waals surface area contributed by atoms with Gasteiger partial charge in [-0.3, -0.25) is 4.79 Å². The molecule has 0 saturated heterocycles. The Hall–Kier alpha value is -2.33. The Kier molecular flexibility index (Phi) is 3.88. The zero-order valence-corrected chi connectivity index (χ0v) is 12.5. The highest BCUT2D eigenvalue weighted by Gasteiger charge is 2.12. The largest absolute Gasteiger partial charge is 0.482 e. The molecule has 0 atom stereocenters. The third kappa shape index (κ3) is 2.90. The van der Waals surface area contributed by atoms with Crippen molar-refractivity contribution in [2.75, 3.05) is 18.6 Å². The van der Waals surface area contributed by atoms with Crippen LogP contribution in [0.3, 0.4) is 0 Å². The minimum atomic E-state index is -0.0727. The standard InChI is InChI=1S/C17H15NO2S/c1-18(13-7-3-2-4-8-13)17(19)11-20-15-12-21-16-10-6-5-9-14(15)16/h2-10,12H,11H2,1H3. The number of thiophene rings is 1. The minimum Gasteiger partial charge on any atom is -0.482 e. The lowest BCUT2D eigenvalue weighted by atomic mass is 10.2. The van der Waals surface area contributed by atoms with Gasteiger partial charge in [-0.1, -0.05) is 30.3 Å². The summed E-state index contributed by atoms with van der Waals surface area (Å²) in [7, 11) is 1.76. The van der Waals surface area contributed by atoms with Gasteiger partial charge in [0.15, 0.2) is 6.61 Å². The van der Waals surface area contributed by atoms with E-state index in [2.05, 4.69) is 0 Å². The number of anilines is 1. The van der Waals surface area contributed by atoms with Gasteiger partial charge in [-0.25, -0.2) is 0 Å². The van der Waals surface area contributed by atoms with Crippen LogP contribution in [0.25, 0.3) is 10.1 Å². The molecule has 0 aliphatic carbocycles. The van der Waals surface area contributed by atoms with Crippen LogP contribution >= 0.6 is 11.3 Å². The summed E-state index contributed by atoms with van der Waals surface area (Å²) in [4.78, 5) is 13.8. The maximum atomic E-state index is 12.2. The summed E-state index contributed by atoms with van der Waals surface area (Å²) in [6, 6.07) is 17.6. The van der Waals surface area contributed by atoms with E-state index in [1.54, 1.807) is 23.3 Å². The molecule has 0 aliphatic rings. The fourth-order valence-electron chi connectivity index (χ4n) is 2.10. The first kappa shape index (κ1) is 13.6. The van der Waals surface area contributed by atoms with E-state index in [0.29, 0.717) is 0 Å². The van der Waals surface area contributed by atoms with Crippen molar-refractivity contribution >= 4 is 33.0 Å². The van der Waals surface area contributed by atoms with E-state index in [-0.39, 0.29) is 12.5 Å². The van der Waals surface area contributed by atoms with Gasteiger partial charge in [-0.2, -0.15) is 0 Å². The molecule has 21 heavy (non-hydrogen) atoms. The highest BCUT2D eigenvalue weighted by molar-refractivity contribution is 7.17. The minimum absolute atomic E-state index is 0.0339. The number of hydrogen-bond acceptors (Lipinski definition) is 3. The predicted octanol–water partition coefficient (Wildman–Crippen LogP) is 3.94. The molecule has 1 heterocycles. The number of carbonyl (C=O) groups excluding carboxylic acids is 1. The number of amides is 1. The van der Waals surface area contributed by atoms with E-state index in [0.717, 1.165) is 21.5 Å². The van der Waals surface area contributed by atoms with Crippen LogP contribution < -0.4 is 9.64 Å². The highest BCUT2D eigenvalue weighted by Crippen LogP contribution is 2.31. The monoisotopic (exact) mass is 297 g/mol. The number of likely N-dealkylation sites (N-methyl/N-ethyl adjacent to an activating group) is 1. The molecular formula is C17H15NO2S. The van der Waals surface area contributed by atoms with E-state index in [1.165, 1.54) is 0 Å². The van der Waals surface area contributed by atoms with Crippen molar-refractivity contribution in [1.29, 1.82) is 0 Å². The normalized spacial score (nSPS) is 10.5. The molecule has 0 radical (unpaired) electrons. The Balaban J connectivity index is 1.69. The molecule has 1 amide bonds. The van der Waals surface area contributed by atoms with Crippen molar-refractivity contribution in [1.82, 2.24) is 0 Å². The van der Waals surface area contributed by atoms with Crippen LogP contribution in [0.4, 0.5) is 5.69 Å². The molecule has 1 aromatic heterocycles. The van der Waals surface area contributed by atoms with Crippen molar-refractivity contribution in [3.05, 3.63) is 60.0 Å². The number of rotatable bonds is 4. The van der Waals surface area contributed by atoms with Gasteiger partial charge in [0.25, 0.3) is 5.91 Å². The van der Waals surface area contributed by atoms with Crippen molar-refractivity contribution in [2.24, 2.45) is 0 Å². The first-order valence-electron chi connectivity index (χ1n) is 6.66. The summed E-state index contributed by atoms with van der Waals surface area (Å²) in [6.07, 6.45) is 0. The lowest BCUT2D eigenvalue weighted by Crippen LogP contribution is -2.31. The molecule has 2 aromatic carbocycles. The van der Waals surface area contributed by atoms with Gasteiger partial charge in [0.1, 0.15) is 5.75 Å². The zero-order chi connectivity index (χ0) is 14.7. The highest BCUT2D eigenvalue weighted by atomic mass is 32.1. The summed E-state index contributed by atoms with van der Waals surface area (Å²) in [6.45, 7) is 0.0339. The molecule has 3 nitrogen and oxygen atoms in total. The third-order valence-electron chi connectivity index (χ3n) is 3.31. The lowest BCUT2D eigenvalue weighted by molar-refractivity contribution is -0.120. The predicted molar refractivity (Wildman–Crippen MR) is 87.2 cm³/mol. The lowest BCUT2D eigenvalue weighted by Gasteiger charge is -2.17. The first-order valence-corrected chi connectivity index (χ1v) is 7.54. The second kappa shape index (κ2) is 5.97. The van der Waals surface area contributed by atoms with Crippen LogP contribution in [0.2, 0.25) is 0 Å². The summed E-state index contributed by atoms with van der Waals surface area (Å²) in [5.41, 5.74) is 0.862. The average molecular weight is 297 g/mol. The fraction of sp³-hybridized carbons (Fsp3) is 0.118. The van der Waals surface area contributed by atoms with Crippen LogP contribution in [0, 0.1) is 0 Å². The molecular weight excluding hydrogens is 282 g/mol. The average Bonchev–Trinajstić information content (AvgIpc) is 2.96. The molecule has 0 fully saturated rings. The van der Waals surface area contributed by atoms with E-state index in [9.17, 15) is 4.79 Å². The van der Waals surface area contributed by atoms with Crippen LogP contribution in [0.1, 0.15) is 0 Å². The maximum Gasteiger partial charge on any atom is 0.264 e. The molecule has 0 saturated carbocycles. The van der Waals surface area contributed by atoms with Crippen molar-refractivity contribution in [2.45, 2.75) is 0 Å². The van der Waals surface area contributed by atoms with Crippen LogP contribution in [-0.2, 0) is 4.79 Å². The van der Waals surface area contributed by atoms with Gasteiger partial charge in [-0.15, -0.1) is 11.3 Å². The quantitative estimate of drug-likeness (QED) is 0.730. The molecule has 3 rings (SSSR count). The maximum absolute atomic E-state index is 12.2. The Morgan fingerprint density at radius 1 is 1.10 bits per heavy atom. The SMILES string of the molecule is CN(C(=O)COc1csc2ccccc12)c1ccccc1. The Labute approximate surface area is 127 Å². The van der Waals surface area contributed by atoms with Crippen LogP contribution in [0.15, 0.2) is 60.0 Å². The molecule has 4 heteroatoms. The Morgan fingerprint density at radius 3 is 2.62 bits per heavy atom. The Bertz CT molecular complexity index is 752. The number of benzene rings is 2. The van der Waals surface area contributed by atoms with Gasteiger partial charge < -0.3 is 9.64 Å². The van der Waals surface area contributed by atoms with Crippen molar-refractivity contribution in [3.63, 3.8) is 0 Å². The molecule has 106 valence electrons. The number of hydrogen-bond donors (Lipinski definition) is 0. The summed E-state index contributed by atoms with van der Waals surface area (Å²) >= 11 is 1.62. The van der Waals surface area contributed by atoms with Crippen LogP contribution in [0.5, 0.6) is 5.75 Å². The number of carbonyl (C=O) groups is 1. The number of para-hydroxylation sites is 1. The van der Waals surface area contributed by atoms with Gasteiger partial charge >= 0.3 is 0 Å². The van der Waals surface area contributed by atoms with Crippen molar-refractivity contribution in [3.8, 4) is 5.75 Å². The Morgan fingerprint density at radius 2 is 1.81 bits per heavy atom. The molecule has 0 bridgehead atoms. The second-order valence-corrected chi connectivity index (χ2v) is 5.58. The summed E-state index contributed by atoms with van der Waals surface area (Å²) < 4.78 is 6.85. The van der Waals surface area contributed by atoms with E-state index in [1.807, 2.05) is 60.0 Å². The van der Waals surface area contributed by atoms with Gasteiger partial charge in [0.05, 0.1) is 0 Å². The summed E-state index contributed by atoms with van der Waals surface area (Å²) in [5.74, 6) is 0.696. The van der Waals surface area contributed by atoms with Crippen LogP contribution in [-0.4, -0.2) is 19.6 Å². The zero-order valence-electron chi connectivity index (χ0n) is 11.7. The van der Waals surface area contributed by atoms with Gasteiger partial charge in [0, 0.05) is 28.2 Å². The molecule has 0 N–H and O–H groups in total. The van der Waals surface area contributed by atoms with E-state index < -0.39 is 0 Å². The van der Waals surface area contributed by atoms with Crippen molar-refractivity contribution < 1.29 is 9.53 Å². The summed E-state index contributed by atoms with van der Waals surface area (Å²) in [5, 5.41) is 3.00. The molecule has 3 aromatic rings. The number of fused-ring (bicyclic) bond motifs is 1. The smallest absolute Gasteiger partial charge is 0.264 e. The van der Waals surface area contributed by atoms with Gasteiger partial charge in [-0.05, 0) is 24.3 Å². The third-order valence-corrected chi connectivity index (χ3v) is 4.26. The molecule has 0 unspecified atom stereocenters. The molecule has 0 spiro atoms. The topological polar surface area (TPSA) is 29.5 Å². The first-order chi connectivity index (χ1) is 10.3. The van der Waals surface area contributed by atoms with E-state index >= 15 is 0 Å². The molecule has 0 aliphatic heterocycles. The van der Waals surface area contributed by atoms with Gasteiger partial charge in [0.2, 0.25) is 0 Å². The van der Waals surface area contributed by atoms with E-state index in [4.69, 9.17) is 4.74 Å². The second-order valence-electron chi connectivity index (χ2n) is 4.67. The number of nitrogens with zero attached hydrogens (tertiary/aromatic N) is 1.